The molecule has 0 aliphatic carbocycles. The van der Waals surface area contributed by atoms with Crippen LogP contribution in [-0.2, 0) is 11.3 Å². The van der Waals surface area contributed by atoms with Crippen LogP contribution in [0.3, 0.4) is 0 Å². The van der Waals surface area contributed by atoms with Crippen molar-refractivity contribution in [2.24, 2.45) is 0 Å². The third-order valence-electron chi connectivity index (χ3n) is 4.64. The first-order valence-electron chi connectivity index (χ1n) is 9.11. The molecular formula is C19H22N4O6. The third-order valence-corrected chi connectivity index (χ3v) is 4.64. The van der Waals surface area contributed by atoms with E-state index >= 15 is 0 Å². The maximum Gasteiger partial charge on any atom is 0.419 e. The molecule has 1 atom stereocenters. The van der Waals surface area contributed by atoms with Gasteiger partial charge in [0.05, 0.1) is 28.8 Å². The Kier molecular flexibility index (Phi) is 6.13. The average molecular weight is 402 g/mol. The minimum atomic E-state index is -0.605. The van der Waals surface area contributed by atoms with E-state index in [0.29, 0.717) is 18.5 Å². The summed E-state index contributed by atoms with van der Waals surface area (Å²) in [7, 11) is 3.81. The number of nitrogens with zero attached hydrogens (tertiary/aromatic N) is 3. The number of nitrogens with one attached hydrogen (secondary N) is 1. The molecule has 1 unspecified atom stereocenters. The van der Waals surface area contributed by atoms with Gasteiger partial charge in [0.25, 0.3) is 5.69 Å². The van der Waals surface area contributed by atoms with Crippen molar-refractivity contribution in [3.05, 3.63) is 63.0 Å². The highest BCUT2D eigenvalue weighted by atomic mass is 16.6. The van der Waals surface area contributed by atoms with Gasteiger partial charge in [-0.25, -0.2) is 4.79 Å². The Morgan fingerprint density at radius 1 is 1.34 bits per heavy atom. The maximum absolute atomic E-state index is 12.2. The number of nitro benzene ring substituents is 1. The van der Waals surface area contributed by atoms with Gasteiger partial charge in [0, 0.05) is 25.6 Å². The van der Waals surface area contributed by atoms with Crippen molar-refractivity contribution in [3.8, 4) is 0 Å². The smallest absolute Gasteiger partial charge is 0.419 e. The molecule has 2 heterocycles. The fraction of sp³-hybridized carbons (Fsp3) is 0.368. The second-order valence-electron chi connectivity index (χ2n) is 6.83. The minimum absolute atomic E-state index is 0.0785. The van der Waals surface area contributed by atoms with E-state index in [2.05, 4.69) is 5.32 Å². The molecule has 3 aromatic rings. The summed E-state index contributed by atoms with van der Waals surface area (Å²) in [6.45, 7) is 0.671. The van der Waals surface area contributed by atoms with Crippen LogP contribution in [0, 0.1) is 10.1 Å². The summed E-state index contributed by atoms with van der Waals surface area (Å²) in [4.78, 5) is 36.5. The molecule has 3 rings (SSSR count). The second-order valence-corrected chi connectivity index (χ2v) is 6.83. The van der Waals surface area contributed by atoms with Gasteiger partial charge in [0.15, 0.2) is 5.58 Å². The Morgan fingerprint density at radius 3 is 2.79 bits per heavy atom. The van der Waals surface area contributed by atoms with Crippen molar-refractivity contribution in [1.82, 2.24) is 14.8 Å². The Morgan fingerprint density at radius 2 is 2.14 bits per heavy atom. The number of oxazole rings is 1. The summed E-state index contributed by atoms with van der Waals surface area (Å²) >= 11 is 0. The van der Waals surface area contributed by atoms with E-state index < -0.39 is 10.7 Å². The SMILES string of the molecule is CN(C)C(CNC(=O)CCCn1c(=O)oc2cc([N+](=O)[O-])ccc21)c1ccco1. The van der Waals surface area contributed by atoms with Crippen molar-refractivity contribution in [2.75, 3.05) is 20.6 Å². The van der Waals surface area contributed by atoms with Crippen LogP contribution < -0.4 is 11.1 Å². The standard InChI is InChI=1S/C19H22N4O6/c1-21(2)15(16-5-4-10-28-16)12-20-18(24)6-3-9-22-14-8-7-13(23(26)27)11-17(14)29-19(22)25/h4-5,7-8,10-11,15H,3,6,9,12H2,1-2H3,(H,20,24). The number of hydrogen-bond donors (Lipinski definition) is 1. The molecule has 1 aromatic carbocycles. The zero-order valence-electron chi connectivity index (χ0n) is 16.2. The van der Waals surface area contributed by atoms with Gasteiger partial charge in [0.1, 0.15) is 5.76 Å². The van der Waals surface area contributed by atoms with Gasteiger partial charge in [-0.3, -0.25) is 24.4 Å². The van der Waals surface area contributed by atoms with Gasteiger partial charge in [-0.15, -0.1) is 0 Å². The van der Waals surface area contributed by atoms with E-state index in [1.165, 1.54) is 22.8 Å². The number of non-ortho nitro benzene ring substituents is 1. The Bertz CT molecular complexity index is 1050. The summed E-state index contributed by atoms with van der Waals surface area (Å²) in [6, 6.07) is 7.59. The number of nitro groups is 1. The fourth-order valence-corrected chi connectivity index (χ4v) is 3.10. The van der Waals surface area contributed by atoms with Crippen LogP contribution in [0.15, 0.2) is 50.2 Å². The van der Waals surface area contributed by atoms with Crippen LogP contribution in [0.25, 0.3) is 11.1 Å². The maximum atomic E-state index is 12.2. The number of benzene rings is 1. The molecule has 0 radical (unpaired) electrons. The summed E-state index contributed by atoms with van der Waals surface area (Å²) in [6.07, 6.45) is 2.24. The first kappa shape index (κ1) is 20.3. The summed E-state index contributed by atoms with van der Waals surface area (Å²) in [5.41, 5.74) is 0.470. The number of likely N-dealkylation sites (N-methyl/N-ethyl adjacent to an activating group) is 1. The Labute approximate surface area is 165 Å². The van der Waals surface area contributed by atoms with Gasteiger partial charge in [-0.1, -0.05) is 0 Å². The van der Waals surface area contributed by atoms with Crippen LogP contribution in [0.5, 0.6) is 0 Å². The number of hydrogen-bond acceptors (Lipinski definition) is 7. The van der Waals surface area contributed by atoms with Crippen molar-refractivity contribution in [2.45, 2.75) is 25.4 Å². The number of carbonyl (C=O) groups is 1. The van der Waals surface area contributed by atoms with Gasteiger partial charge in [-0.05, 0) is 38.7 Å². The highest BCUT2D eigenvalue weighted by Gasteiger charge is 2.18. The van der Waals surface area contributed by atoms with Gasteiger partial charge >= 0.3 is 5.76 Å². The summed E-state index contributed by atoms with van der Waals surface area (Å²) < 4.78 is 11.9. The molecule has 10 heteroatoms. The summed E-state index contributed by atoms with van der Waals surface area (Å²) in [5, 5.41) is 13.7. The number of furan rings is 1. The van der Waals surface area contributed by atoms with Crippen LogP contribution in [0.2, 0.25) is 0 Å². The zero-order chi connectivity index (χ0) is 21.0. The molecule has 0 fully saturated rings. The van der Waals surface area contributed by atoms with E-state index in [0.717, 1.165) is 5.76 Å². The summed E-state index contributed by atoms with van der Waals surface area (Å²) in [5.74, 6) is 0.0205. The van der Waals surface area contributed by atoms with Crippen LogP contribution in [0.4, 0.5) is 5.69 Å². The molecule has 10 nitrogen and oxygen atoms in total. The molecule has 0 spiro atoms. The Hall–Kier alpha value is -3.40. The molecule has 154 valence electrons. The first-order chi connectivity index (χ1) is 13.9. The van der Waals surface area contributed by atoms with E-state index in [1.807, 2.05) is 25.1 Å². The minimum Gasteiger partial charge on any atom is -0.468 e. The fourth-order valence-electron chi connectivity index (χ4n) is 3.10. The highest BCUT2D eigenvalue weighted by molar-refractivity contribution is 5.76. The van der Waals surface area contributed by atoms with E-state index in [9.17, 15) is 19.7 Å². The molecule has 0 aliphatic rings. The van der Waals surface area contributed by atoms with E-state index in [-0.39, 0.29) is 36.2 Å². The largest absolute Gasteiger partial charge is 0.468 e. The van der Waals surface area contributed by atoms with Crippen LogP contribution in [-0.4, -0.2) is 40.9 Å². The molecule has 2 aromatic heterocycles. The molecule has 29 heavy (non-hydrogen) atoms. The molecule has 0 bridgehead atoms. The molecule has 1 N–H and O–H groups in total. The Balaban J connectivity index is 1.56. The lowest BCUT2D eigenvalue weighted by Gasteiger charge is -2.22. The third kappa shape index (κ3) is 4.72. The number of aryl methyl sites for hydroxylation is 1. The molecule has 0 saturated carbocycles. The first-order valence-corrected chi connectivity index (χ1v) is 9.11. The highest BCUT2D eigenvalue weighted by Crippen LogP contribution is 2.20. The molecule has 1 amide bonds. The normalized spacial score (nSPS) is 12.4. The predicted molar refractivity (Wildman–Crippen MR) is 105 cm³/mol. The monoisotopic (exact) mass is 402 g/mol. The number of amides is 1. The van der Waals surface area contributed by atoms with Gasteiger partial charge < -0.3 is 14.2 Å². The lowest BCUT2D eigenvalue weighted by Crippen LogP contribution is -2.34. The molecule has 0 aliphatic heterocycles. The quantitative estimate of drug-likeness (QED) is 0.430. The molecular weight excluding hydrogens is 380 g/mol. The second kappa shape index (κ2) is 8.74. The topological polar surface area (TPSA) is 124 Å². The van der Waals surface area contributed by atoms with Gasteiger partial charge in [-0.2, -0.15) is 0 Å². The van der Waals surface area contributed by atoms with Crippen molar-refractivity contribution >= 4 is 22.7 Å². The van der Waals surface area contributed by atoms with Crippen LogP contribution in [0.1, 0.15) is 24.6 Å². The van der Waals surface area contributed by atoms with Crippen molar-refractivity contribution in [1.29, 1.82) is 0 Å². The van der Waals surface area contributed by atoms with Gasteiger partial charge in [0.2, 0.25) is 5.91 Å². The molecule has 0 saturated heterocycles. The zero-order valence-corrected chi connectivity index (χ0v) is 16.2. The van der Waals surface area contributed by atoms with Crippen molar-refractivity contribution in [3.63, 3.8) is 0 Å². The lowest BCUT2D eigenvalue weighted by molar-refractivity contribution is -0.384. The average Bonchev–Trinajstić information content (AvgIpc) is 3.29. The number of fused-ring (bicyclic) bond motifs is 1. The van der Waals surface area contributed by atoms with E-state index in [1.54, 1.807) is 12.3 Å². The van der Waals surface area contributed by atoms with Crippen molar-refractivity contribution < 1.29 is 18.6 Å². The number of aromatic nitrogens is 1. The predicted octanol–water partition coefficient (Wildman–Crippen LogP) is 2.30. The number of carbonyl (C=O) groups excluding carboxylic acids is 1. The van der Waals surface area contributed by atoms with Crippen LogP contribution >= 0.6 is 0 Å². The lowest BCUT2D eigenvalue weighted by atomic mass is 10.2. The number of rotatable bonds is 9. The van der Waals surface area contributed by atoms with E-state index in [4.69, 9.17) is 8.83 Å².